The van der Waals surface area contributed by atoms with Crippen LogP contribution in [0.15, 0.2) is 18.2 Å². The summed E-state index contributed by atoms with van der Waals surface area (Å²) in [6, 6.07) is 5.49. The fourth-order valence-corrected chi connectivity index (χ4v) is 3.45. The van der Waals surface area contributed by atoms with Gasteiger partial charge in [-0.2, -0.15) is 0 Å². The van der Waals surface area contributed by atoms with E-state index in [0.29, 0.717) is 16.0 Å². The highest BCUT2D eigenvalue weighted by atomic mass is 35.5. The van der Waals surface area contributed by atoms with Crippen molar-refractivity contribution in [2.24, 2.45) is 11.8 Å². The van der Waals surface area contributed by atoms with Crippen molar-refractivity contribution < 1.29 is 4.74 Å². The highest BCUT2D eigenvalue weighted by Crippen LogP contribution is 2.36. The Hall–Kier alpha value is -0.440. The molecule has 1 saturated heterocycles. The third kappa shape index (κ3) is 3.41. The Labute approximate surface area is 131 Å². The zero-order valence-corrected chi connectivity index (χ0v) is 13.2. The summed E-state index contributed by atoms with van der Waals surface area (Å²) in [5.41, 5.74) is 0. The van der Waals surface area contributed by atoms with E-state index in [1.165, 1.54) is 45.3 Å². The predicted molar refractivity (Wildman–Crippen MR) is 83.8 cm³/mol. The lowest BCUT2D eigenvalue weighted by Crippen LogP contribution is -2.39. The van der Waals surface area contributed by atoms with E-state index in [2.05, 4.69) is 4.90 Å². The van der Waals surface area contributed by atoms with Crippen LogP contribution in [0.3, 0.4) is 0 Å². The summed E-state index contributed by atoms with van der Waals surface area (Å²) in [6.45, 7) is 4.64. The van der Waals surface area contributed by atoms with Crippen LogP contribution in [0.5, 0.6) is 5.75 Å². The number of likely N-dealkylation sites (tertiary alicyclic amines) is 1. The summed E-state index contributed by atoms with van der Waals surface area (Å²) in [5, 5.41) is 1.14. The molecule has 2 fully saturated rings. The highest BCUT2D eigenvalue weighted by molar-refractivity contribution is 6.42. The van der Waals surface area contributed by atoms with Crippen LogP contribution in [0.1, 0.15) is 25.7 Å². The minimum Gasteiger partial charge on any atom is -0.493 e. The quantitative estimate of drug-likeness (QED) is 0.794. The first-order valence-corrected chi connectivity index (χ1v) is 8.28. The molecule has 0 bridgehead atoms. The van der Waals surface area contributed by atoms with E-state index in [9.17, 15) is 0 Å². The van der Waals surface area contributed by atoms with Crippen molar-refractivity contribution in [1.29, 1.82) is 0 Å². The van der Waals surface area contributed by atoms with E-state index in [-0.39, 0.29) is 0 Å². The van der Waals surface area contributed by atoms with Gasteiger partial charge in [-0.25, -0.2) is 0 Å². The number of halogens is 2. The van der Waals surface area contributed by atoms with Crippen LogP contribution < -0.4 is 4.74 Å². The molecule has 0 aromatic heterocycles. The molecule has 20 heavy (non-hydrogen) atoms. The number of nitrogens with zero attached hydrogens (tertiary/aromatic N) is 1. The van der Waals surface area contributed by atoms with Crippen molar-refractivity contribution in [3.8, 4) is 5.75 Å². The third-order valence-corrected chi connectivity index (χ3v) is 5.36. The molecule has 1 aliphatic carbocycles. The Balaban J connectivity index is 1.46. The SMILES string of the molecule is Clc1ccc(OCC2CC[C@@H]2CN2CCCC2)cc1Cl. The van der Waals surface area contributed by atoms with Crippen molar-refractivity contribution in [2.45, 2.75) is 25.7 Å². The lowest BCUT2D eigenvalue weighted by atomic mass is 9.74. The first kappa shape index (κ1) is 14.5. The number of benzene rings is 1. The number of hydrogen-bond acceptors (Lipinski definition) is 2. The number of hydrogen-bond donors (Lipinski definition) is 0. The maximum Gasteiger partial charge on any atom is 0.120 e. The van der Waals surface area contributed by atoms with Crippen molar-refractivity contribution in [1.82, 2.24) is 4.90 Å². The van der Waals surface area contributed by atoms with Crippen LogP contribution in [0.4, 0.5) is 0 Å². The van der Waals surface area contributed by atoms with E-state index < -0.39 is 0 Å². The summed E-state index contributed by atoms with van der Waals surface area (Å²) in [7, 11) is 0. The van der Waals surface area contributed by atoms with Crippen LogP contribution in [0, 0.1) is 11.8 Å². The average molecular weight is 314 g/mol. The first-order chi connectivity index (χ1) is 9.72. The average Bonchev–Trinajstić information content (AvgIpc) is 2.92. The molecule has 2 atom stereocenters. The normalized spacial score (nSPS) is 26.5. The minimum absolute atomic E-state index is 0.561. The molecule has 1 unspecified atom stereocenters. The summed E-state index contributed by atoms with van der Waals surface area (Å²) in [5.74, 6) is 2.34. The monoisotopic (exact) mass is 313 g/mol. The highest BCUT2D eigenvalue weighted by Gasteiger charge is 2.33. The van der Waals surface area contributed by atoms with Gasteiger partial charge in [0, 0.05) is 12.6 Å². The molecule has 1 saturated carbocycles. The Bertz CT molecular complexity index is 460. The molecule has 0 N–H and O–H groups in total. The standard InChI is InChI=1S/C16H21Cl2NO/c17-15-6-5-14(9-16(15)18)20-11-13-4-3-12(13)10-19-7-1-2-8-19/h5-6,9,12-13H,1-4,7-8,10-11H2/t12-,13?/m1/s1. The van der Waals surface area contributed by atoms with E-state index >= 15 is 0 Å². The van der Waals surface area contributed by atoms with Gasteiger partial charge in [-0.3, -0.25) is 0 Å². The molecule has 2 nitrogen and oxygen atoms in total. The van der Waals surface area contributed by atoms with Crippen LogP contribution in [0.25, 0.3) is 0 Å². The largest absolute Gasteiger partial charge is 0.493 e. The summed E-state index contributed by atoms with van der Waals surface area (Å²) < 4.78 is 5.88. The zero-order valence-electron chi connectivity index (χ0n) is 11.7. The van der Waals surface area contributed by atoms with Crippen LogP contribution in [-0.2, 0) is 0 Å². The van der Waals surface area contributed by atoms with Crippen molar-refractivity contribution in [2.75, 3.05) is 26.2 Å². The van der Waals surface area contributed by atoms with Crippen molar-refractivity contribution in [3.63, 3.8) is 0 Å². The van der Waals surface area contributed by atoms with Gasteiger partial charge < -0.3 is 9.64 Å². The van der Waals surface area contributed by atoms with Gasteiger partial charge in [0.25, 0.3) is 0 Å². The van der Waals surface area contributed by atoms with Gasteiger partial charge in [0.2, 0.25) is 0 Å². The third-order valence-electron chi connectivity index (χ3n) is 4.62. The molecule has 0 spiro atoms. The fraction of sp³-hybridized carbons (Fsp3) is 0.625. The Morgan fingerprint density at radius 2 is 1.80 bits per heavy atom. The second-order valence-corrected chi connectivity index (χ2v) is 6.81. The second-order valence-electron chi connectivity index (χ2n) is 5.99. The van der Waals surface area contributed by atoms with Gasteiger partial charge >= 0.3 is 0 Å². The molecule has 3 rings (SSSR count). The Kier molecular flexibility index (Phi) is 4.75. The van der Waals surface area contributed by atoms with E-state index in [4.69, 9.17) is 27.9 Å². The molecule has 0 amide bonds. The maximum atomic E-state index is 6.00. The molecule has 2 aliphatic rings. The summed E-state index contributed by atoms with van der Waals surface area (Å²) in [4.78, 5) is 2.61. The van der Waals surface area contributed by atoms with Gasteiger partial charge in [0.05, 0.1) is 16.7 Å². The second kappa shape index (κ2) is 6.55. The fourth-order valence-electron chi connectivity index (χ4n) is 3.16. The molecule has 1 aliphatic heterocycles. The summed E-state index contributed by atoms with van der Waals surface area (Å²) in [6.07, 6.45) is 5.39. The van der Waals surface area contributed by atoms with Crippen molar-refractivity contribution >= 4 is 23.2 Å². The maximum absolute atomic E-state index is 6.00. The topological polar surface area (TPSA) is 12.5 Å². The Morgan fingerprint density at radius 1 is 1.05 bits per heavy atom. The van der Waals surface area contributed by atoms with Crippen LogP contribution in [-0.4, -0.2) is 31.1 Å². The van der Waals surface area contributed by atoms with Gasteiger partial charge in [0.1, 0.15) is 5.75 Å². The summed E-state index contributed by atoms with van der Waals surface area (Å²) >= 11 is 11.9. The molecule has 0 radical (unpaired) electrons. The number of rotatable bonds is 5. The Morgan fingerprint density at radius 3 is 2.45 bits per heavy atom. The molecule has 110 valence electrons. The van der Waals surface area contributed by atoms with E-state index in [1.807, 2.05) is 6.07 Å². The minimum atomic E-state index is 0.561. The van der Waals surface area contributed by atoms with Crippen molar-refractivity contribution in [3.05, 3.63) is 28.2 Å². The zero-order chi connectivity index (χ0) is 13.9. The van der Waals surface area contributed by atoms with Gasteiger partial charge in [0.15, 0.2) is 0 Å². The lowest BCUT2D eigenvalue weighted by Gasteiger charge is -2.38. The molecule has 4 heteroatoms. The first-order valence-electron chi connectivity index (χ1n) is 7.52. The molecule has 1 heterocycles. The molecule has 1 aromatic carbocycles. The predicted octanol–water partition coefficient (Wildman–Crippen LogP) is 4.49. The smallest absolute Gasteiger partial charge is 0.120 e. The van der Waals surface area contributed by atoms with Crippen LogP contribution >= 0.6 is 23.2 Å². The lowest BCUT2D eigenvalue weighted by molar-refractivity contribution is 0.0751. The van der Waals surface area contributed by atoms with Gasteiger partial charge in [-0.15, -0.1) is 0 Å². The van der Waals surface area contributed by atoms with Gasteiger partial charge in [-0.1, -0.05) is 23.2 Å². The number of ether oxygens (including phenoxy) is 1. The molecular weight excluding hydrogens is 293 g/mol. The molecule has 1 aromatic rings. The van der Waals surface area contributed by atoms with Crippen LogP contribution in [0.2, 0.25) is 10.0 Å². The van der Waals surface area contributed by atoms with E-state index in [0.717, 1.165) is 18.3 Å². The van der Waals surface area contributed by atoms with Gasteiger partial charge in [-0.05, 0) is 62.7 Å². The molecular formula is C16H21Cl2NO. The van der Waals surface area contributed by atoms with E-state index in [1.54, 1.807) is 12.1 Å².